The van der Waals surface area contributed by atoms with Crippen LogP contribution in [0.25, 0.3) is 0 Å². The van der Waals surface area contributed by atoms with Gasteiger partial charge < -0.3 is 15.1 Å². The lowest BCUT2D eigenvalue weighted by Gasteiger charge is -2.04. The molecule has 1 amide bonds. The van der Waals surface area contributed by atoms with Gasteiger partial charge in [-0.1, -0.05) is 0 Å². The molecule has 1 aromatic rings. The summed E-state index contributed by atoms with van der Waals surface area (Å²) in [5.74, 6) is 1.12. The Hall–Kier alpha value is -0.560. The van der Waals surface area contributed by atoms with Gasteiger partial charge in [-0.25, -0.2) is 0 Å². The Morgan fingerprint density at radius 3 is 2.94 bits per heavy atom. The van der Waals surface area contributed by atoms with Crippen LogP contribution in [-0.4, -0.2) is 18.5 Å². The number of amides is 1. The van der Waals surface area contributed by atoms with E-state index >= 15 is 0 Å². The van der Waals surface area contributed by atoms with E-state index in [9.17, 15) is 4.79 Å². The van der Waals surface area contributed by atoms with E-state index in [1.807, 2.05) is 12.1 Å². The van der Waals surface area contributed by atoms with Crippen molar-refractivity contribution in [3.05, 3.63) is 21.7 Å². The molecular formula is C12H17IN2O2. The molecule has 5 heteroatoms. The third-order valence-corrected chi connectivity index (χ3v) is 3.21. The van der Waals surface area contributed by atoms with Crippen LogP contribution >= 0.6 is 22.6 Å². The topological polar surface area (TPSA) is 54.3 Å². The van der Waals surface area contributed by atoms with E-state index in [2.05, 4.69) is 33.2 Å². The van der Waals surface area contributed by atoms with Crippen molar-refractivity contribution in [1.82, 2.24) is 10.6 Å². The molecule has 0 atom stereocenters. The maximum atomic E-state index is 11.4. The van der Waals surface area contributed by atoms with E-state index < -0.39 is 0 Å². The number of carbonyl (C=O) groups is 1. The highest BCUT2D eigenvalue weighted by atomic mass is 127. The van der Waals surface area contributed by atoms with Gasteiger partial charge >= 0.3 is 0 Å². The Morgan fingerprint density at radius 2 is 2.29 bits per heavy atom. The first-order chi connectivity index (χ1) is 8.24. The molecule has 17 heavy (non-hydrogen) atoms. The first-order valence-electron chi connectivity index (χ1n) is 5.98. The fourth-order valence-electron chi connectivity index (χ4n) is 1.56. The van der Waals surface area contributed by atoms with Gasteiger partial charge in [0.1, 0.15) is 5.76 Å². The van der Waals surface area contributed by atoms with Crippen LogP contribution in [0.2, 0.25) is 0 Å². The van der Waals surface area contributed by atoms with Gasteiger partial charge in [0.2, 0.25) is 5.91 Å². The first kappa shape index (κ1) is 12.9. The summed E-state index contributed by atoms with van der Waals surface area (Å²) in [7, 11) is 0. The summed E-state index contributed by atoms with van der Waals surface area (Å²) in [5.41, 5.74) is 0. The van der Waals surface area contributed by atoms with Crippen molar-refractivity contribution in [3.63, 3.8) is 0 Å². The molecule has 1 fully saturated rings. The Morgan fingerprint density at radius 1 is 1.47 bits per heavy atom. The molecule has 0 saturated heterocycles. The maximum absolute atomic E-state index is 11.4. The zero-order chi connectivity index (χ0) is 12.1. The Kier molecular flexibility index (Phi) is 4.85. The molecule has 1 heterocycles. The molecule has 0 spiro atoms. The number of halogens is 1. The minimum Gasteiger partial charge on any atom is -0.454 e. The highest BCUT2D eigenvalue weighted by Crippen LogP contribution is 2.18. The molecule has 0 radical (unpaired) electrons. The molecule has 2 N–H and O–H groups in total. The van der Waals surface area contributed by atoms with Crippen molar-refractivity contribution in [1.29, 1.82) is 0 Å². The summed E-state index contributed by atoms with van der Waals surface area (Å²) in [4.78, 5) is 11.4. The Bertz CT molecular complexity index is 374. The zero-order valence-corrected chi connectivity index (χ0v) is 11.8. The predicted molar refractivity (Wildman–Crippen MR) is 73.5 cm³/mol. The van der Waals surface area contributed by atoms with Gasteiger partial charge in [0.05, 0.1) is 6.54 Å². The summed E-state index contributed by atoms with van der Waals surface area (Å²) in [5, 5.41) is 6.24. The predicted octanol–water partition coefficient (Wildman–Crippen LogP) is 2.03. The van der Waals surface area contributed by atoms with Gasteiger partial charge in [-0.05, 0) is 60.5 Å². The summed E-state index contributed by atoms with van der Waals surface area (Å²) in [6.45, 7) is 1.57. The smallest absolute Gasteiger partial charge is 0.220 e. The quantitative estimate of drug-likeness (QED) is 0.586. The van der Waals surface area contributed by atoms with Crippen molar-refractivity contribution < 1.29 is 9.21 Å². The first-order valence-corrected chi connectivity index (χ1v) is 7.06. The van der Waals surface area contributed by atoms with Crippen molar-refractivity contribution >= 4 is 28.5 Å². The van der Waals surface area contributed by atoms with Crippen LogP contribution in [0.4, 0.5) is 0 Å². The van der Waals surface area contributed by atoms with Crippen LogP contribution in [0, 0.1) is 3.77 Å². The minimum absolute atomic E-state index is 0.182. The van der Waals surface area contributed by atoms with Crippen molar-refractivity contribution in [2.45, 2.75) is 38.3 Å². The summed E-state index contributed by atoms with van der Waals surface area (Å²) < 4.78 is 6.32. The van der Waals surface area contributed by atoms with Crippen molar-refractivity contribution in [2.24, 2.45) is 0 Å². The SMILES string of the molecule is O=C(CCCNCc1ccc(I)o1)NC1CC1. The van der Waals surface area contributed by atoms with E-state index in [-0.39, 0.29) is 5.91 Å². The molecular weight excluding hydrogens is 331 g/mol. The fraction of sp³-hybridized carbons (Fsp3) is 0.583. The summed E-state index contributed by atoms with van der Waals surface area (Å²) in [6.07, 6.45) is 3.79. The minimum atomic E-state index is 0.182. The number of rotatable bonds is 7. The fourth-order valence-corrected chi connectivity index (χ4v) is 2.02. The van der Waals surface area contributed by atoms with Gasteiger partial charge in [-0.2, -0.15) is 0 Å². The maximum Gasteiger partial charge on any atom is 0.220 e. The third kappa shape index (κ3) is 5.08. The lowest BCUT2D eigenvalue weighted by Crippen LogP contribution is -2.26. The third-order valence-electron chi connectivity index (χ3n) is 2.63. The highest BCUT2D eigenvalue weighted by molar-refractivity contribution is 14.1. The van der Waals surface area contributed by atoms with Crippen LogP contribution in [0.1, 0.15) is 31.4 Å². The van der Waals surface area contributed by atoms with E-state index in [1.165, 1.54) is 0 Å². The number of hydrogen-bond acceptors (Lipinski definition) is 3. The number of carbonyl (C=O) groups excluding carboxylic acids is 1. The second-order valence-corrected chi connectivity index (χ2v) is 5.39. The average molecular weight is 348 g/mol. The molecule has 0 unspecified atom stereocenters. The van der Waals surface area contributed by atoms with Crippen molar-refractivity contribution in [3.8, 4) is 0 Å². The lowest BCUT2D eigenvalue weighted by molar-refractivity contribution is -0.121. The molecule has 0 aromatic carbocycles. The monoisotopic (exact) mass is 348 g/mol. The summed E-state index contributed by atoms with van der Waals surface area (Å²) in [6, 6.07) is 4.38. The summed E-state index contributed by atoms with van der Waals surface area (Å²) >= 11 is 2.15. The van der Waals surface area contributed by atoms with E-state index in [4.69, 9.17) is 4.42 Å². The largest absolute Gasteiger partial charge is 0.454 e. The van der Waals surface area contributed by atoms with Gasteiger partial charge in [0.25, 0.3) is 0 Å². The second kappa shape index (κ2) is 6.39. The molecule has 1 aromatic heterocycles. The van der Waals surface area contributed by atoms with E-state index in [0.717, 1.165) is 41.9 Å². The zero-order valence-electron chi connectivity index (χ0n) is 9.67. The highest BCUT2D eigenvalue weighted by Gasteiger charge is 2.22. The van der Waals surface area contributed by atoms with Crippen LogP contribution in [0.15, 0.2) is 16.5 Å². The number of hydrogen-bond donors (Lipinski definition) is 2. The number of nitrogens with one attached hydrogen (secondary N) is 2. The molecule has 0 bridgehead atoms. The Balaban J connectivity index is 1.49. The average Bonchev–Trinajstić information content (AvgIpc) is 3.00. The van der Waals surface area contributed by atoms with Gasteiger partial charge in [0.15, 0.2) is 3.77 Å². The van der Waals surface area contributed by atoms with E-state index in [0.29, 0.717) is 12.5 Å². The van der Waals surface area contributed by atoms with Gasteiger partial charge in [-0.15, -0.1) is 0 Å². The van der Waals surface area contributed by atoms with Crippen LogP contribution in [0.5, 0.6) is 0 Å². The Labute approximate surface area is 115 Å². The lowest BCUT2D eigenvalue weighted by atomic mass is 10.3. The molecule has 2 rings (SSSR count). The van der Waals surface area contributed by atoms with Crippen molar-refractivity contribution in [2.75, 3.05) is 6.54 Å². The van der Waals surface area contributed by atoms with Crippen LogP contribution in [0.3, 0.4) is 0 Å². The second-order valence-electron chi connectivity index (χ2n) is 4.33. The van der Waals surface area contributed by atoms with Crippen LogP contribution in [-0.2, 0) is 11.3 Å². The molecule has 94 valence electrons. The molecule has 4 nitrogen and oxygen atoms in total. The molecule has 1 aliphatic rings. The van der Waals surface area contributed by atoms with Gasteiger partial charge in [-0.3, -0.25) is 4.79 Å². The van der Waals surface area contributed by atoms with Gasteiger partial charge in [0, 0.05) is 12.5 Å². The molecule has 1 aliphatic carbocycles. The van der Waals surface area contributed by atoms with Crippen LogP contribution < -0.4 is 10.6 Å². The number of furan rings is 1. The standard InChI is InChI=1S/C12H17IN2O2/c13-11-6-5-10(17-11)8-14-7-1-2-12(16)15-9-3-4-9/h5-6,9,14H,1-4,7-8H2,(H,15,16). The normalized spacial score (nSPS) is 14.9. The molecule has 1 saturated carbocycles. The molecule has 0 aliphatic heterocycles. The van der Waals surface area contributed by atoms with E-state index in [1.54, 1.807) is 0 Å².